The van der Waals surface area contributed by atoms with Crippen molar-refractivity contribution in [1.29, 1.82) is 0 Å². The molecule has 2 nitrogen and oxygen atoms in total. The van der Waals surface area contributed by atoms with Crippen LogP contribution >= 0.6 is 11.6 Å². The van der Waals surface area contributed by atoms with E-state index >= 15 is 0 Å². The van der Waals surface area contributed by atoms with Gasteiger partial charge >= 0.3 is 0 Å². The molecule has 2 aromatic carbocycles. The molecule has 2 rings (SSSR count). The number of alkyl halides is 1. The number of fused-ring (bicyclic) bond motifs is 1. The average Bonchev–Trinajstić information content (AvgIpc) is 2.32. The van der Waals surface area contributed by atoms with E-state index in [-0.39, 0.29) is 5.75 Å². The van der Waals surface area contributed by atoms with Gasteiger partial charge in [-0.2, -0.15) is 0 Å². The highest BCUT2D eigenvalue weighted by molar-refractivity contribution is 6.17. The van der Waals surface area contributed by atoms with Gasteiger partial charge < -0.3 is 9.84 Å². The standard InChI is InChI=1S/C14H15ClO2/c1-10-3-4-11-12(9-10)14(6-5-13(11)16)17-8-2-7-15/h3-6,9,16H,2,7-8H2,1H3. The Balaban J connectivity index is 2.41. The first-order valence-electron chi connectivity index (χ1n) is 5.63. The Hall–Kier alpha value is -1.41. The number of hydrogen-bond acceptors (Lipinski definition) is 2. The van der Waals surface area contributed by atoms with Crippen LogP contribution in [0.15, 0.2) is 30.3 Å². The molecule has 0 aliphatic heterocycles. The third kappa shape index (κ3) is 2.64. The van der Waals surface area contributed by atoms with Gasteiger partial charge in [-0.15, -0.1) is 11.6 Å². The number of phenols is 1. The van der Waals surface area contributed by atoms with Gasteiger partial charge in [0.15, 0.2) is 0 Å². The zero-order valence-electron chi connectivity index (χ0n) is 9.74. The Kier molecular flexibility index (Phi) is 3.75. The van der Waals surface area contributed by atoms with E-state index in [9.17, 15) is 5.11 Å². The van der Waals surface area contributed by atoms with Crippen LogP contribution in [-0.2, 0) is 0 Å². The van der Waals surface area contributed by atoms with Crippen LogP contribution in [0.4, 0.5) is 0 Å². The molecule has 0 radical (unpaired) electrons. The number of ether oxygens (including phenoxy) is 1. The maximum atomic E-state index is 9.78. The summed E-state index contributed by atoms with van der Waals surface area (Å²) in [5.74, 6) is 1.67. The average molecular weight is 251 g/mol. The smallest absolute Gasteiger partial charge is 0.127 e. The third-order valence-corrected chi connectivity index (χ3v) is 2.91. The summed E-state index contributed by atoms with van der Waals surface area (Å²) in [6.45, 7) is 2.61. The van der Waals surface area contributed by atoms with E-state index in [2.05, 4.69) is 0 Å². The van der Waals surface area contributed by atoms with Crippen LogP contribution in [0.3, 0.4) is 0 Å². The quantitative estimate of drug-likeness (QED) is 0.660. The number of rotatable bonds is 4. The maximum Gasteiger partial charge on any atom is 0.127 e. The molecule has 0 amide bonds. The van der Waals surface area contributed by atoms with Gasteiger partial charge in [0.2, 0.25) is 0 Å². The van der Waals surface area contributed by atoms with E-state index in [0.717, 1.165) is 28.5 Å². The molecule has 3 heteroatoms. The molecule has 0 aliphatic rings. The molecular formula is C14H15ClO2. The van der Waals surface area contributed by atoms with Crippen LogP contribution in [0, 0.1) is 6.92 Å². The first-order valence-corrected chi connectivity index (χ1v) is 6.17. The van der Waals surface area contributed by atoms with Crippen LogP contribution in [0.2, 0.25) is 0 Å². The number of aryl methyl sites for hydroxylation is 1. The maximum absolute atomic E-state index is 9.78. The van der Waals surface area contributed by atoms with Crippen molar-refractivity contribution in [2.45, 2.75) is 13.3 Å². The molecule has 90 valence electrons. The molecule has 1 N–H and O–H groups in total. The lowest BCUT2D eigenvalue weighted by atomic mass is 10.1. The molecular weight excluding hydrogens is 236 g/mol. The summed E-state index contributed by atoms with van der Waals surface area (Å²) in [5, 5.41) is 11.5. The van der Waals surface area contributed by atoms with Crippen LogP contribution in [0.5, 0.6) is 11.5 Å². The second-order valence-corrected chi connectivity index (χ2v) is 4.40. The Labute approximate surface area is 106 Å². The fourth-order valence-corrected chi connectivity index (χ4v) is 1.89. The predicted octanol–water partition coefficient (Wildman–Crippen LogP) is 3.86. The summed E-state index contributed by atoms with van der Waals surface area (Å²) in [5.41, 5.74) is 1.14. The van der Waals surface area contributed by atoms with E-state index in [1.807, 2.05) is 25.1 Å². The Morgan fingerprint density at radius 3 is 2.76 bits per heavy atom. The summed E-state index contributed by atoms with van der Waals surface area (Å²) >= 11 is 5.62. The van der Waals surface area contributed by atoms with Gasteiger partial charge in [0.1, 0.15) is 11.5 Å². The van der Waals surface area contributed by atoms with E-state index in [1.54, 1.807) is 12.1 Å². The SMILES string of the molecule is Cc1ccc2c(O)ccc(OCCCCl)c2c1. The van der Waals surface area contributed by atoms with E-state index < -0.39 is 0 Å². The van der Waals surface area contributed by atoms with E-state index in [4.69, 9.17) is 16.3 Å². The molecule has 0 spiro atoms. The molecule has 0 aromatic heterocycles. The zero-order valence-corrected chi connectivity index (χ0v) is 10.5. The molecule has 0 atom stereocenters. The fraction of sp³-hybridized carbons (Fsp3) is 0.286. The lowest BCUT2D eigenvalue weighted by Gasteiger charge is -2.10. The van der Waals surface area contributed by atoms with Crippen LogP contribution in [0.25, 0.3) is 10.8 Å². The van der Waals surface area contributed by atoms with Crippen molar-refractivity contribution in [3.05, 3.63) is 35.9 Å². The van der Waals surface area contributed by atoms with Gasteiger partial charge in [-0.3, -0.25) is 0 Å². The van der Waals surface area contributed by atoms with E-state index in [1.165, 1.54) is 0 Å². The van der Waals surface area contributed by atoms with Crippen LogP contribution in [0.1, 0.15) is 12.0 Å². The number of benzene rings is 2. The summed E-state index contributed by atoms with van der Waals surface area (Å²) in [4.78, 5) is 0. The van der Waals surface area contributed by atoms with Crippen LogP contribution in [-0.4, -0.2) is 17.6 Å². The molecule has 0 aliphatic carbocycles. The molecule has 0 fully saturated rings. The van der Waals surface area contributed by atoms with Gasteiger partial charge in [-0.1, -0.05) is 17.7 Å². The fourth-order valence-electron chi connectivity index (χ4n) is 1.78. The van der Waals surface area contributed by atoms with Crippen molar-refractivity contribution >= 4 is 22.4 Å². The van der Waals surface area contributed by atoms with Crippen molar-refractivity contribution < 1.29 is 9.84 Å². The molecule has 0 unspecified atom stereocenters. The number of aromatic hydroxyl groups is 1. The summed E-state index contributed by atoms with van der Waals surface area (Å²) in [6.07, 6.45) is 0.815. The van der Waals surface area contributed by atoms with Gasteiger partial charge in [-0.05, 0) is 31.5 Å². The lowest BCUT2D eigenvalue weighted by Crippen LogP contribution is -1.98. The first kappa shape index (κ1) is 12.1. The molecule has 0 bridgehead atoms. The summed E-state index contributed by atoms with van der Waals surface area (Å²) in [7, 11) is 0. The Bertz CT molecular complexity index is 523. The minimum atomic E-state index is 0.282. The van der Waals surface area contributed by atoms with E-state index in [0.29, 0.717) is 12.5 Å². The normalized spacial score (nSPS) is 10.7. The molecule has 17 heavy (non-hydrogen) atoms. The Morgan fingerprint density at radius 2 is 2.00 bits per heavy atom. The largest absolute Gasteiger partial charge is 0.507 e. The summed E-state index contributed by atoms with van der Waals surface area (Å²) < 4.78 is 5.67. The predicted molar refractivity (Wildman–Crippen MR) is 71.2 cm³/mol. The van der Waals surface area contributed by atoms with Gasteiger partial charge in [-0.25, -0.2) is 0 Å². The third-order valence-electron chi connectivity index (χ3n) is 2.64. The van der Waals surface area contributed by atoms with Gasteiger partial charge in [0.25, 0.3) is 0 Å². The molecule has 0 saturated heterocycles. The minimum absolute atomic E-state index is 0.282. The van der Waals surface area contributed by atoms with Crippen molar-refractivity contribution in [2.75, 3.05) is 12.5 Å². The second-order valence-electron chi connectivity index (χ2n) is 4.02. The Morgan fingerprint density at radius 1 is 1.18 bits per heavy atom. The topological polar surface area (TPSA) is 29.5 Å². The first-order chi connectivity index (χ1) is 8.22. The lowest BCUT2D eigenvalue weighted by molar-refractivity contribution is 0.321. The second kappa shape index (κ2) is 5.28. The highest BCUT2D eigenvalue weighted by Crippen LogP contribution is 2.33. The van der Waals surface area contributed by atoms with Crippen molar-refractivity contribution in [3.8, 4) is 11.5 Å². The van der Waals surface area contributed by atoms with Gasteiger partial charge in [0.05, 0.1) is 6.61 Å². The van der Waals surface area contributed by atoms with Crippen molar-refractivity contribution in [3.63, 3.8) is 0 Å². The number of phenolic OH excluding ortho intramolecular Hbond substituents is 1. The monoisotopic (exact) mass is 250 g/mol. The number of halogens is 1. The highest BCUT2D eigenvalue weighted by atomic mass is 35.5. The van der Waals surface area contributed by atoms with Gasteiger partial charge in [0, 0.05) is 16.7 Å². The molecule has 2 aromatic rings. The molecule has 0 heterocycles. The minimum Gasteiger partial charge on any atom is -0.507 e. The number of hydrogen-bond donors (Lipinski definition) is 1. The van der Waals surface area contributed by atoms with Crippen molar-refractivity contribution in [1.82, 2.24) is 0 Å². The highest BCUT2D eigenvalue weighted by Gasteiger charge is 2.06. The zero-order chi connectivity index (χ0) is 12.3. The van der Waals surface area contributed by atoms with Crippen LogP contribution < -0.4 is 4.74 Å². The summed E-state index contributed by atoms with van der Waals surface area (Å²) in [6, 6.07) is 9.36. The molecule has 0 saturated carbocycles. The van der Waals surface area contributed by atoms with Crippen molar-refractivity contribution in [2.24, 2.45) is 0 Å².